The summed E-state index contributed by atoms with van der Waals surface area (Å²) in [6, 6.07) is 5.54. The van der Waals surface area contributed by atoms with Crippen LogP contribution < -0.4 is 10.5 Å². The van der Waals surface area contributed by atoms with E-state index >= 15 is 0 Å². The van der Waals surface area contributed by atoms with E-state index in [1.54, 1.807) is 6.07 Å². The summed E-state index contributed by atoms with van der Waals surface area (Å²) in [6.07, 6.45) is 2.33. The van der Waals surface area contributed by atoms with E-state index in [1.807, 2.05) is 12.1 Å². The zero-order valence-electron chi connectivity index (χ0n) is 9.24. The van der Waals surface area contributed by atoms with Crippen LogP contribution in [-0.4, -0.2) is 23.1 Å². The third-order valence-electron chi connectivity index (χ3n) is 3.08. The minimum absolute atomic E-state index is 0.0711. The number of hydrogen-bond donors (Lipinski definition) is 1. The highest BCUT2D eigenvalue weighted by Gasteiger charge is 2.16. The average Bonchev–Trinajstić information content (AvgIpc) is 2.84. The lowest BCUT2D eigenvalue weighted by Gasteiger charge is -2.15. The van der Waals surface area contributed by atoms with E-state index in [-0.39, 0.29) is 5.56 Å². The number of aromatic amines is 1. The van der Waals surface area contributed by atoms with Crippen molar-refractivity contribution in [3.63, 3.8) is 0 Å². The smallest absolute Gasteiger partial charge is 0.260 e. The van der Waals surface area contributed by atoms with Crippen molar-refractivity contribution in [3.8, 4) is 0 Å². The highest BCUT2D eigenvalue weighted by molar-refractivity contribution is 9.10. The van der Waals surface area contributed by atoms with Gasteiger partial charge in [0.15, 0.2) is 0 Å². The maximum atomic E-state index is 12.0. The molecule has 0 saturated carbocycles. The van der Waals surface area contributed by atoms with Gasteiger partial charge in [0.05, 0.1) is 10.9 Å². The van der Waals surface area contributed by atoms with Gasteiger partial charge >= 0.3 is 0 Å². The number of anilines is 1. The molecular weight excluding hydrogens is 282 g/mol. The molecule has 1 aliphatic heterocycles. The molecule has 2 heterocycles. The maximum Gasteiger partial charge on any atom is 0.260 e. The summed E-state index contributed by atoms with van der Waals surface area (Å²) < 4.78 is 0.863. The lowest BCUT2D eigenvalue weighted by molar-refractivity contribution is 0.900. The van der Waals surface area contributed by atoms with Gasteiger partial charge in [0.2, 0.25) is 5.95 Å². The van der Waals surface area contributed by atoms with Crippen LogP contribution in [-0.2, 0) is 0 Å². The SMILES string of the molecule is O=c1[nH]c(N2CCCC2)nc2c(Br)cccc12. The Morgan fingerprint density at radius 2 is 2.06 bits per heavy atom. The molecule has 5 heteroatoms. The van der Waals surface area contributed by atoms with Gasteiger partial charge in [0.1, 0.15) is 0 Å². The second kappa shape index (κ2) is 4.14. The number of hydrogen-bond acceptors (Lipinski definition) is 3. The average molecular weight is 294 g/mol. The lowest BCUT2D eigenvalue weighted by Crippen LogP contribution is -2.24. The molecule has 2 aromatic rings. The summed E-state index contributed by atoms with van der Waals surface area (Å²) in [5.74, 6) is 0.687. The van der Waals surface area contributed by atoms with E-state index in [0.717, 1.165) is 35.9 Å². The zero-order valence-corrected chi connectivity index (χ0v) is 10.8. The highest BCUT2D eigenvalue weighted by atomic mass is 79.9. The monoisotopic (exact) mass is 293 g/mol. The second-order valence-corrected chi connectivity index (χ2v) is 5.07. The molecular formula is C12H12BrN3O. The molecule has 0 spiro atoms. The van der Waals surface area contributed by atoms with Crippen LogP contribution in [0.4, 0.5) is 5.95 Å². The summed E-state index contributed by atoms with van der Waals surface area (Å²) in [4.78, 5) is 21.5. The first kappa shape index (κ1) is 10.8. The van der Waals surface area contributed by atoms with Crippen LogP contribution in [0.15, 0.2) is 27.5 Å². The number of benzene rings is 1. The van der Waals surface area contributed by atoms with Crippen molar-refractivity contribution in [2.75, 3.05) is 18.0 Å². The minimum Gasteiger partial charge on any atom is -0.342 e. The van der Waals surface area contributed by atoms with Crippen molar-refractivity contribution in [1.29, 1.82) is 0 Å². The number of H-pyrrole nitrogens is 1. The van der Waals surface area contributed by atoms with Crippen LogP contribution >= 0.6 is 15.9 Å². The Labute approximate surface area is 107 Å². The van der Waals surface area contributed by atoms with Gasteiger partial charge in [-0.2, -0.15) is 0 Å². The minimum atomic E-state index is -0.0711. The van der Waals surface area contributed by atoms with E-state index in [2.05, 4.69) is 30.8 Å². The predicted molar refractivity (Wildman–Crippen MR) is 71.5 cm³/mol. The fraction of sp³-hybridized carbons (Fsp3) is 0.333. The maximum absolute atomic E-state index is 12.0. The third kappa shape index (κ3) is 1.84. The molecule has 0 amide bonds. The molecule has 0 atom stereocenters. The number of para-hydroxylation sites is 1. The van der Waals surface area contributed by atoms with Crippen molar-refractivity contribution < 1.29 is 0 Å². The Morgan fingerprint density at radius 1 is 1.29 bits per heavy atom. The van der Waals surface area contributed by atoms with Crippen molar-refractivity contribution in [1.82, 2.24) is 9.97 Å². The highest BCUT2D eigenvalue weighted by Crippen LogP contribution is 2.22. The molecule has 0 radical (unpaired) electrons. The quantitative estimate of drug-likeness (QED) is 0.878. The van der Waals surface area contributed by atoms with Crippen LogP contribution in [0, 0.1) is 0 Å². The molecule has 1 N–H and O–H groups in total. The molecule has 1 saturated heterocycles. The third-order valence-corrected chi connectivity index (χ3v) is 3.72. The summed E-state index contributed by atoms with van der Waals surface area (Å²) >= 11 is 3.44. The van der Waals surface area contributed by atoms with Crippen molar-refractivity contribution >= 4 is 32.8 Å². The van der Waals surface area contributed by atoms with Crippen molar-refractivity contribution in [3.05, 3.63) is 33.0 Å². The topological polar surface area (TPSA) is 49.0 Å². The number of rotatable bonds is 1. The van der Waals surface area contributed by atoms with Crippen LogP contribution in [0.5, 0.6) is 0 Å². The first-order chi connectivity index (χ1) is 8.25. The first-order valence-corrected chi connectivity index (χ1v) is 6.48. The fourth-order valence-electron chi connectivity index (χ4n) is 2.19. The van der Waals surface area contributed by atoms with Crippen LogP contribution in [0.1, 0.15) is 12.8 Å². The van der Waals surface area contributed by atoms with Gasteiger partial charge < -0.3 is 4.90 Å². The van der Waals surface area contributed by atoms with E-state index in [9.17, 15) is 4.79 Å². The van der Waals surface area contributed by atoms with Gasteiger partial charge in [0, 0.05) is 17.6 Å². The molecule has 0 bridgehead atoms. The normalized spacial score (nSPS) is 15.7. The van der Waals surface area contributed by atoms with Gasteiger partial charge in [-0.3, -0.25) is 9.78 Å². The lowest BCUT2D eigenvalue weighted by atomic mass is 10.2. The number of nitrogens with zero attached hydrogens (tertiary/aromatic N) is 2. The number of fused-ring (bicyclic) bond motifs is 1. The summed E-state index contributed by atoms with van der Waals surface area (Å²) in [6.45, 7) is 1.94. The van der Waals surface area contributed by atoms with Crippen molar-refractivity contribution in [2.45, 2.75) is 12.8 Å². The van der Waals surface area contributed by atoms with E-state index in [0.29, 0.717) is 11.3 Å². The molecule has 1 aromatic carbocycles. The molecule has 1 aliphatic rings. The molecule has 4 nitrogen and oxygen atoms in total. The summed E-state index contributed by atoms with van der Waals surface area (Å²) in [7, 11) is 0. The standard InChI is InChI=1S/C12H12BrN3O/c13-9-5-3-4-8-10(9)14-12(15-11(8)17)16-6-1-2-7-16/h3-5H,1-2,6-7H2,(H,14,15,17). The Kier molecular flexibility index (Phi) is 2.63. The van der Waals surface area contributed by atoms with E-state index in [4.69, 9.17) is 0 Å². The number of halogens is 1. The van der Waals surface area contributed by atoms with Crippen LogP contribution in [0.3, 0.4) is 0 Å². The molecule has 0 unspecified atom stereocenters. The predicted octanol–water partition coefficient (Wildman–Crippen LogP) is 2.29. The Hall–Kier alpha value is -1.36. The number of nitrogens with one attached hydrogen (secondary N) is 1. The van der Waals surface area contributed by atoms with Crippen molar-refractivity contribution in [2.24, 2.45) is 0 Å². The van der Waals surface area contributed by atoms with Gasteiger partial charge in [0.25, 0.3) is 5.56 Å². The van der Waals surface area contributed by atoms with Crippen LogP contribution in [0.2, 0.25) is 0 Å². The van der Waals surface area contributed by atoms with E-state index < -0.39 is 0 Å². The molecule has 88 valence electrons. The Bertz CT molecular complexity index is 617. The van der Waals surface area contributed by atoms with E-state index in [1.165, 1.54) is 0 Å². The van der Waals surface area contributed by atoms with Crippen LogP contribution in [0.25, 0.3) is 10.9 Å². The molecule has 3 rings (SSSR count). The fourth-order valence-corrected chi connectivity index (χ4v) is 2.65. The first-order valence-electron chi connectivity index (χ1n) is 5.69. The van der Waals surface area contributed by atoms with Gasteiger partial charge in [-0.15, -0.1) is 0 Å². The Morgan fingerprint density at radius 3 is 2.82 bits per heavy atom. The molecule has 1 fully saturated rings. The molecule has 1 aromatic heterocycles. The summed E-state index contributed by atoms with van der Waals surface area (Å²) in [5.41, 5.74) is 0.663. The van der Waals surface area contributed by atoms with Gasteiger partial charge in [-0.1, -0.05) is 6.07 Å². The summed E-state index contributed by atoms with van der Waals surface area (Å²) in [5, 5.41) is 0.627. The second-order valence-electron chi connectivity index (χ2n) is 4.22. The largest absolute Gasteiger partial charge is 0.342 e. The Balaban J connectivity index is 2.22. The number of aromatic nitrogens is 2. The molecule has 0 aliphatic carbocycles. The van der Waals surface area contributed by atoms with Gasteiger partial charge in [-0.05, 0) is 40.9 Å². The zero-order chi connectivity index (χ0) is 11.8. The van der Waals surface area contributed by atoms with Gasteiger partial charge in [-0.25, -0.2) is 4.98 Å². The molecule has 17 heavy (non-hydrogen) atoms.